The fourth-order valence-corrected chi connectivity index (χ4v) is 0.785. The normalized spacial score (nSPS) is 8.36. The SMILES string of the molecule is C=CCCC.O=C(O)c1ccccc1. The summed E-state index contributed by atoms with van der Waals surface area (Å²) < 4.78 is 0. The zero-order valence-corrected chi connectivity index (χ0v) is 8.44. The van der Waals surface area contributed by atoms with Crippen molar-refractivity contribution in [3.8, 4) is 0 Å². The molecule has 0 aliphatic carbocycles. The average molecular weight is 192 g/mol. The van der Waals surface area contributed by atoms with Gasteiger partial charge in [-0.25, -0.2) is 4.79 Å². The van der Waals surface area contributed by atoms with Crippen LogP contribution in [-0.2, 0) is 0 Å². The van der Waals surface area contributed by atoms with Crippen LogP contribution in [0.15, 0.2) is 43.0 Å². The van der Waals surface area contributed by atoms with E-state index in [4.69, 9.17) is 5.11 Å². The smallest absolute Gasteiger partial charge is 0.335 e. The summed E-state index contributed by atoms with van der Waals surface area (Å²) >= 11 is 0. The van der Waals surface area contributed by atoms with Crippen molar-refractivity contribution >= 4 is 5.97 Å². The number of hydrogen-bond donors (Lipinski definition) is 1. The van der Waals surface area contributed by atoms with E-state index in [1.54, 1.807) is 30.3 Å². The van der Waals surface area contributed by atoms with E-state index in [1.165, 1.54) is 6.42 Å². The third-order valence-corrected chi connectivity index (χ3v) is 1.51. The second-order valence-electron chi connectivity index (χ2n) is 2.75. The van der Waals surface area contributed by atoms with E-state index < -0.39 is 5.97 Å². The van der Waals surface area contributed by atoms with Gasteiger partial charge in [0.15, 0.2) is 0 Å². The summed E-state index contributed by atoms with van der Waals surface area (Å²) in [6, 6.07) is 8.30. The molecule has 1 N–H and O–H groups in total. The number of carboxylic acid groups (broad SMARTS) is 1. The lowest BCUT2D eigenvalue weighted by atomic mass is 10.2. The second kappa shape index (κ2) is 8.05. The Bertz CT molecular complexity index is 265. The van der Waals surface area contributed by atoms with E-state index in [-0.39, 0.29) is 0 Å². The minimum Gasteiger partial charge on any atom is -0.478 e. The zero-order valence-electron chi connectivity index (χ0n) is 8.44. The second-order valence-corrected chi connectivity index (χ2v) is 2.75. The van der Waals surface area contributed by atoms with Crippen LogP contribution in [0.5, 0.6) is 0 Å². The summed E-state index contributed by atoms with van der Waals surface area (Å²) in [6.45, 7) is 5.69. The van der Waals surface area contributed by atoms with Gasteiger partial charge in [-0.2, -0.15) is 0 Å². The first-order chi connectivity index (χ1) is 6.72. The molecule has 2 nitrogen and oxygen atoms in total. The van der Waals surface area contributed by atoms with E-state index in [9.17, 15) is 4.79 Å². The van der Waals surface area contributed by atoms with E-state index in [1.807, 2.05) is 6.08 Å². The maximum Gasteiger partial charge on any atom is 0.335 e. The van der Waals surface area contributed by atoms with Crippen molar-refractivity contribution in [2.75, 3.05) is 0 Å². The lowest BCUT2D eigenvalue weighted by Gasteiger charge is -1.88. The quantitative estimate of drug-likeness (QED) is 0.745. The molecule has 0 aliphatic heterocycles. The Labute approximate surface area is 84.9 Å². The highest BCUT2D eigenvalue weighted by Gasteiger charge is 1.96. The molecule has 1 aromatic rings. The van der Waals surface area contributed by atoms with Gasteiger partial charge in [-0.3, -0.25) is 0 Å². The molecule has 1 aromatic carbocycles. The van der Waals surface area contributed by atoms with E-state index >= 15 is 0 Å². The Morgan fingerprint density at radius 3 is 2.21 bits per heavy atom. The monoisotopic (exact) mass is 192 g/mol. The molecule has 0 atom stereocenters. The first-order valence-corrected chi connectivity index (χ1v) is 4.61. The molecular weight excluding hydrogens is 176 g/mol. The van der Waals surface area contributed by atoms with Crippen molar-refractivity contribution in [2.45, 2.75) is 19.8 Å². The predicted molar refractivity (Wildman–Crippen MR) is 58.5 cm³/mol. The Kier molecular flexibility index (Phi) is 7.15. The number of rotatable bonds is 3. The maximum absolute atomic E-state index is 10.2. The Balaban J connectivity index is 0.000000292. The van der Waals surface area contributed by atoms with Crippen LogP contribution in [0.4, 0.5) is 0 Å². The summed E-state index contributed by atoms with van der Waals surface area (Å²) in [5.41, 5.74) is 0.331. The lowest BCUT2D eigenvalue weighted by molar-refractivity contribution is 0.0697. The van der Waals surface area contributed by atoms with Gasteiger partial charge in [-0.05, 0) is 18.6 Å². The summed E-state index contributed by atoms with van der Waals surface area (Å²) in [5, 5.41) is 8.38. The van der Waals surface area contributed by atoms with Crippen molar-refractivity contribution in [2.24, 2.45) is 0 Å². The van der Waals surface area contributed by atoms with Gasteiger partial charge in [0.25, 0.3) is 0 Å². The van der Waals surface area contributed by atoms with E-state index in [0.29, 0.717) is 5.56 Å². The van der Waals surface area contributed by atoms with Crippen LogP contribution < -0.4 is 0 Å². The Hall–Kier alpha value is -1.57. The van der Waals surface area contributed by atoms with Crippen molar-refractivity contribution in [3.05, 3.63) is 48.6 Å². The minimum absolute atomic E-state index is 0.331. The van der Waals surface area contributed by atoms with Gasteiger partial charge >= 0.3 is 5.97 Å². The van der Waals surface area contributed by atoms with Gasteiger partial charge in [0, 0.05) is 0 Å². The number of hydrogen-bond acceptors (Lipinski definition) is 1. The van der Waals surface area contributed by atoms with Crippen molar-refractivity contribution < 1.29 is 9.90 Å². The van der Waals surface area contributed by atoms with Crippen LogP contribution in [0, 0.1) is 0 Å². The van der Waals surface area contributed by atoms with Gasteiger partial charge in [0.2, 0.25) is 0 Å². The Morgan fingerprint density at radius 1 is 1.43 bits per heavy atom. The Morgan fingerprint density at radius 2 is 2.00 bits per heavy atom. The van der Waals surface area contributed by atoms with Gasteiger partial charge < -0.3 is 5.11 Å². The van der Waals surface area contributed by atoms with Crippen LogP contribution in [0.2, 0.25) is 0 Å². The van der Waals surface area contributed by atoms with Crippen LogP contribution in [-0.4, -0.2) is 11.1 Å². The van der Waals surface area contributed by atoms with E-state index in [0.717, 1.165) is 6.42 Å². The summed E-state index contributed by atoms with van der Waals surface area (Å²) in [5.74, 6) is -0.879. The fraction of sp³-hybridized carbons (Fsp3) is 0.250. The molecule has 0 fully saturated rings. The molecule has 0 aliphatic rings. The molecule has 0 saturated heterocycles. The number of allylic oxidation sites excluding steroid dienone is 1. The molecule has 14 heavy (non-hydrogen) atoms. The zero-order chi connectivity index (χ0) is 10.8. The predicted octanol–water partition coefficient (Wildman–Crippen LogP) is 3.36. The molecule has 2 heteroatoms. The third kappa shape index (κ3) is 6.00. The molecule has 0 aromatic heterocycles. The highest BCUT2D eigenvalue weighted by molar-refractivity contribution is 5.87. The maximum atomic E-state index is 10.2. The summed E-state index contributed by atoms with van der Waals surface area (Å²) in [7, 11) is 0. The highest BCUT2D eigenvalue weighted by Crippen LogP contribution is 1.96. The van der Waals surface area contributed by atoms with Crippen molar-refractivity contribution in [3.63, 3.8) is 0 Å². The molecule has 0 bridgehead atoms. The largest absolute Gasteiger partial charge is 0.478 e. The standard InChI is InChI=1S/C7H6O2.C5H10/c8-7(9)6-4-2-1-3-5-6;1-3-5-4-2/h1-5H,(H,8,9);3H,1,4-5H2,2H3. The first kappa shape index (κ1) is 12.4. The van der Waals surface area contributed by atoms with E-state index in [2.05, 4.69) is 13.5 Å². The van der Waals surface area contributed by atoms with Crippen LogP contribution in [0.1, 0.15) is 30.1 Å². The molecule has 0 spiro atoms. The van der Waals surface area contributed by atoms with Crippen LogP contribution in [0.25, 0.3) is 0 Å². The minimum atomic E-state index is -0.879. The van der Waals surface area contributed by atoms with Gasteiger partial charge in [0.05, 0.1) is 5.56 Å². The van der Waals surface area contributed by atoms with Gasteiger partial charge in [0.1, 0.15) is 0 Å². The highest BCUT2D eigenvalue weighted by atomic mass is 16.4. The topological polar surface area (TPSA) is 37.3 Å². The summed E-state index contributed by atoms with van der Waals surface area (Å²) in [6.07, 6.45) is 4.31. The molecule has 0 amide bonds. The lowest BCUT2D eigenvalue weighted by Crippen LogP contribution is -1.93. The number of benzene rings is 1. The molecular formula is C12H16O2. The molecule has 76 valence electrons. The molecule has 0 radical (unpaired) electrons. The third-order valence-electron chi connectivity index (χ3n) is 1.51. The first-order valence-electron chi connectivity index (χ1n) is 4.61. The number of aromatic carboxylic acids is 1. The van der Waals surface area contributed by atoms with Crippen molar-refractivity contribution in [1.82, 2.24) is 0 Å². The molecule has 0 heterocycles. The fourth-order valence-electron chi connectivity index (χ4n) is 0.785. The number of unbranched alkanes of at least 4 members (excludes halogenated alkanes) is 1. The van der Waals surface area contributed by atoms with Gasteiger partial charge in [-0.1, -0.05) is 37.6 Å². The summed E-state index contributed by atoms with van der Waals surface area (Å²) in [4.78, 5) is 10.2. The van der Waals surface area contributed by atoms with Crippen molar-refractivity contribution in [1.29, 1.82) is 0 Å². The number of carbonyl (C=O) groups is 1. The molecule has 0 unspecified atom stereocenters. The average Bonchev–Trinajstić information content (AvgIpc) is 2.21. The molecule has 0 saturated carbocycles. The van der Waals surface area contributed by atoms with Crippen LogP contribution in [0.3, 0.4) is 0 Å². The molecule has 1 rings (SSSR count). The van der Waals surface area contributed by atoms with Crippen LogP contribution >= 0.6 is 0 Å². The number of carboxylic acids is 1. The van der Waals surface area contributed by atoms with Gasteiger partial charge in [-0.15, -0.1) is 6.58 Å².